The molecule has 0 aliphatic carbocycles. The number of hydrogen-bond acceptors (Lipinski definition) is 8. The Morgan fingerprint density at radius 3 is 1.98 bits per heavy atom. The molecule has 2 amide bonds. The molecule has 1 atom stereocenters. The maximum absolute atomic E-state index is 14.9. The van der Waals surface area contributed by atoms with Gasteiger partial charge in [0.05, 0.1) is 39.0 Å². The summed E-state index contributed by atoms with van der Waals surface area (Å²) in [5.41, 5.74) is 0.912. The Kier molecular flexibility index (Phi) is 12.8. The lowest BCUT2D eigenvalue weighted by Crippen LogP contribution is -2.56. The minimum absolute atomic E-state index is 0.0233. The fourth-order valence-corrected chi connectivity index (χ4v) is 6.96. The molecule has 11 nitrogen and oxygen atoms in total. The minimum Gasteiger partial charge on any atom is -0.497 e. The summed E-state index contributed by atoms with van der Waals surface area (Å²) in [6.07, 6.45) is 0.160. The van der Waals surface area contributed by atoms with Crippen molar-refractivity contribution < 1.29 is 37.0 Å². The van der Waals surface area contributed by atoms with Gasteiger partial charge in [-0.3, -0.25) is 13.9 Å². The van der Waals surface area contributed by atoms with Crippen molar-refractivity contribution in [2.45, 2.75) is 50.2 Å². The van der Waals surface area contributed by atoms with Gasteiger partial charge in [-0.25, -0.2) is 8.42 Å². The number of benzene rings is 4. The highest BCUT2D eigenvalue weighted by atomic mass is 35.5. The van der Waals surface area contributed by atoms with E-state index >= 15 is 0 Å². The van der Waals surface area contributed by atoms with Gasteiger partial charge >= 0.3 is 0 Å². The van der Waals surface area contributed by atoms with Crippen LogP contribution in [0.15, 0.2) is 95.9 Å². The standard InChI is InChI=1S/C38H44ClN3O8S/c1-38(2,3)40-37(44)32(21-26-11-9-8-10-12-26)41(24-27-13-15-28(39)16-14-27)36(43)25-42(31-22-29(47-4)17-19-33(31)48-5)51(45,46)30-18-20-34(49-6)35(23-30)50-7/h8-20,22-23,32H,21,24-25H2,1-7H3,(H,40,44)/t32-/m1/s1. The highest BCUT2D eigenvalue weighted by Gasteiger charge is 2.37. The highest BCUT2D eigenvalue weighted by molar-refractivity contribution is 7.92. The molecule has 0 aromatic heterocycles. The lowest BCUT2D eigenvalue weighted by molar-refractivity contribution is -0.140. The zero-order valence-corrected chi connectivity index (χ0v) is 31.4. The molecule has 0 aliphatic rings. The van der Waals surface area contributed by atoms with Crippen LogP contribution in [-0.4, -0.2) is 71.7 Å². The normalized spacial score (nSPS) is 12.0. The van der Waals surface area contributed by atoms with Gasteiger partial charge in [0, 0.05) is 35.7 Å². The average molecular weight is 738 g/mol. The van der Waals surface area contributed by atoms with Gasteiger partial charge in [-0.1, -0.05) is 54.1 Å². The van der Waals surface area contributed by atoms with Crippen LogP contribution in [0, 0.1) is 0 Å². The number of carbonyl (C=O) groups excluding carboxylic acids is 2. The first-order valence-corrected chi connectivity index (χ1v) is 17.9. The van der Waals surface area contributed by atoms with E-state index in [0.717, 1.165) is 9.87 Å². The van der Waals surface area contributed by atoms with E-state index < -0.39 is 40.0 Å². The number of ether oxygens (including phenoxy) is 4. The van der Waals surface area contributed by atoms with Crippen LogP contribution in [0.5, 0.6) is 23.0 Å². The summed E-state index contributed by atoms with van der Waals surface area (Å²) in [5, 5.41) is 3.52. The van der Waals surface area contributed by atoms with Crippen LogP contribution in [0.25, 0.3) is 0 Å². The summed E-state index contributed by atoms with van der Waals surface area (Å²) in [7, 11) is 1.16. The maximum atomic E-state index is 14.9. The fraction of sp³-hybridized carbons (Fsp3) is 0.316. The van der Waals surface area contributed by atoms with Crippen LogP contribution in [0.3, 0.4) is 0 Å². The Morgan fingerprint density at radius 1 is 0.765 bits per heavy atom. The second-order valence-electron chi connectivity index (χ2n) is 12.7. The first-order chi connectivity index (χ1) is 24.2. The summed E-state index contributed by atoms with van der Waals surface area (Å²) < 4.78 is 52.1. The lowest BCUT2D eigenvalue weighted by atomic mass is 10.0. The highest BCUT2D eigenvalue weighted by Crippen LogP contribution is 2.38. The maximum Gasteiger partial charge on any atom is 0.265 e. The van der Waals surface area contributed by atoms with E-state index in [-0.39, 0.29) is 35.0 Å². The van der Waals surface area contributed by atoms with Crippen LogP contribution in [-0.2, 0) is 32.6 Å². The van der Waals surface area contributed by atoms with Crippen LogP contribution < -0.4 is 28.6 Å². The molecule has 0 spiro atoms. The monoisotopic (exact) mass is 737 g/mol. The van der Waals surface area contributed by atoms with Crippen molar-refractivity contribution in [1.29, 1.82) is 0 Å². The number of hydrogen-bond donors (Lipinski definition) is 1. The number of sulfonamides is 1. The molecule has 4 rings (SSSR count). The largest absolute Gasteiger partial charge is 0.497 e. The van der Waals surface area contributed by atoms with Crippen molar-refractivity contribution >= 4 is 39.1 Å². The molecular weight excluding hydrogens is 694 g/mol. The summed E-state index contributed by atoms with van der Waals surface area (Å²) in [6, 6.07) is 24.0. The summed E-state index contributed by atoms with van der Waals surface area (Å²) in [5.74, 6) is -0.0568. The summed E-state index contributed by atoms with van der Waals surface area (Å²) in [4.78, 5) is 30.2. The molecule has 0 fully saturated rings. The molecular formula is C38H44ClN3O8S. The number of rotatable bonds is 15. The zero-order valence-electron chi connectivity index (χ0n) is 29.8. The van der Waals surface area contributed by atoms with Gasteiger partial charge in [0.25, 0.3) is 10.0 Å². The first-order valence-electron chi connectivity index (χ1n) is 16.1. The molecule has 4 aromatic rings. The van der Waals surface area contributed by atoms with Crippen LogP contribution in [0.4, 0.5) is 5.69 Å². The number of nitrogens with zero attached hydrogens (tertiary/aromatic N) is 2. The molecule has 1 N–H and O–H groups in total. The molecule has 0 heterocycles. The third-order valence-corrected chi connectivity index (χ3v) is 9.92. The van der Waals surface area contributed by atoms with Gasteiger partial charge in [0.15, 0.2) is 11.5 Å². The molecule has 13 heteroatoms. The van der Waals surface area contributed by atoms with E-state index in [0.29, 0.717) is 22.1 Å². The quantitative estimate of drug-likeness (QED) is 0.155. The molecule has 51 heavy (non-hydrogen) atoms. The van der Waals surface area contributed by atoms with Crippen molar-refractivity contribution in [3.63, 3.8) is 0 Å². The minimum atomic E-state index is -4.51. The number of amides is 2. The van der Waals surface area contributed by atoms with Gasteiger partial charge < -0.3 is 29.2 Å². The van der Waals surface area contributed by atoms with Crippen molar-refractivity contribution in [3.05, 3.63) is 107 Å². The number of anilines is 1. The van der Waals surface area contributed by atoms with Crippen LogP contribution >= 0.6 is 11.6 Å². The van der Waals surface area contributed by atoms with Crippen LogP contribution in [0.1, 0.15) is 31.9 Å². The molecule has 0 bridgehead atoms. The van der Waals surface area contributed by atoms with E-state index in [1.807, 2.05) is 51.1 Å². The van der Waals surface area contributed by atoms with Crippen molar-refractivity contribution in [1.82, 2.24) is 10.2 Å². The predicted octanol–water partition coefficient (Wildman–Crippen LogP) is 6.12. The molecule has 0 radical (unpaired) electrons. The third-order valence-electron chi connectivity index (χ3n) is 7.91. The Labute approximate surface area is 305 Å². The number of methoxy groups -OCH3 is 4. The van der Waals surface area contributed by atoms with Crippen LogP contribution in [0.2, 0.25) is 5.02 Å². The predicted molar refractivity (Wildman–Crippen MR) is 197 cm³/mol. The number of halogens is 1. The van der Waals surface area contributed by atoms with Gasteiger partial charge in [0.2, 0.25) is 11.8 Å². The van der Waals surface area contributed by atoms with Gasteiger partial charge in [-0.05, 0) is 68.3 Å². The number of carbonyl (C=O) groups is 2. The molecule has 4 aromatic carbocycles. The Hall–Kier alpha value is -4.94. The number of nitrogens with one attached hydrogen (secondary N) is 1. The molecule has 0 aliphatic heterocycles. The summed E-state index contributed by atoms with van der Waals surface area (Å²) >= 11 is 6.19. The lowest BCUT2D eigenvalue weighted by Gasteiger charge is -2.35. The Morgan fingerprint density at radius 2 is 1.39 bits per heavy atom. The Balaban J connectivity index is 1.91. The first kappa shape index (κ1) is 38.9. The van der Waals surface area contributed by atoms with Gasteiger partial charge in [-0.2, -0.15) is 0 Å². The fourth-order valence-electron chi connectivity index (χ4n) is 5.40. The average Bonchev–Trinajstić information content (AvgIpc) is 3.11. The third kappa shape index (κ3) is 9.86. The van der Waals surface area contributed by atoms with E-state index in [9.17, 15) is 18.0 Å². The second kappa shape index (κ2) is 16.8. The SMILES string of the molecule is COc1ccc(OC)c(N(CC(=O)N(Cc2ccc(Cl)cc2)[C@H](Cc2ccccc2)C(=O)NC(C)(C)C)S(=O)(=O)c2ccc(OC)c(OC)c2)c1. The summed E-state index contributed by atoms with van der Waals surface area (Å²) in [6.45, 7) is 4.82. The molecule has 272 valence electrons. The zero-order chi connectivity index (χ0) is 37.3. The molecule has 0 unspecified atom stereocenters. The molecule has 0 saturated heterocycles. The second-order valence-corrected chi connectivity index (χ2v) is 15.0. The topological polar surface area (TPSA) is 124 Å². The van der Waals surface area contributed by atoms with E-state index in [1.54, 1.807) is 36.4 Å². The van der Waals surface area contributed by atoms with Gasteiger partial charge in [0.1, 0.15) is 24.1 Å². The van der Waals surface area contributed by atoms with E-state index in [4.69, 9.17) is 30.5 Å². The van der Waals surface area contributed by atoms with Crippen molar-refractivity contribution in [2.75, 3.05) is 39.3 Å². The van der Waals surface area contributed by atoms with E-state index in [2.05, 4.69) is 5.32 Å². The molecule has 0 saturated carbocycles. The van der Waals surface area contributed by atoms with Gasteiger partial charge in [-0.15, -0.1) is 0 Å². The van der Waals surface area contributed by atoms with E-state index in [1.165, 1.54) is 57.6 Å². The van der Waals surface area contributed by atoms with Crippen molar-refractivity contribution in [3.8, 4) is 23.0 Å². The smallest absolute Gasteiger partial charge is 0.265 e. The van der Waals surface area contributed by atoms with Crippen molar-refractivity contribution in [2.24, 2.45) is 0 Å². The Bertz CT molecular complexity index is 1920.